The smallest absolute Gasteiger partial charge is 0.249 e. The fraction of sp³-hybridized carbons (Fsp3) is 0.400. The number of rotatable bonds is 3. The summed E-state index contributed by atoms with van der Waals surface area (Å²) in [5.41, 5.74) is 10.1. The summed E-state index contributed by atoms with van der Waals surface area (Å²) in [7, 11) is 0. The molecule has 1 aromatic carbocycles. The zero-order chi connectivity index (χ0) is 18.3. The molecule has 2 aliphatic rings. The van der Waals surface area contributed by atoms with Gasteiger partial charge < -0.3 is 10.6 Å². The van der Waals surface area contributed by atoms with Gasteiger partial charge in [0.2, 0.25) is 11.8 Å². The van der Waals surface area contributed by atoms with Crippen LogP contribution in [0.15, 0.2) is 24.3 Å². The molecule has 1 saturated heterocycles. The van der Waals surface area contributed by atoms with Gasteiger partial charge in [0.25, 0.3) is 0 Å². The van der Waals surface area contributed by atoms with E-state index < -0.39 is 11.7 Å². The zero-order valence-electron chi connectivity index (χ0n) is 14.7. The summed E-state index contributed by atoms with van der Waals surface area (Å²) in [6.07, 6.45) is 3.55. The molecule has 0 spiro atoms. The van der Waals surface area contributed by atoms with E-state index in [0.29, 0.717) is 25.1 Å². The molecule has 132 valence electrons. The molecule has 1 fully saturated rings. The Balaban J connectivity index is 2.11. The second-order valence-corrected chi connectivity index (χ2v) is 6.95. The molecule has 2 amide bonds. The van der Waals surface area contributed by atoms with Crippen LogP contribution >= 0.6 is 0 Å². The Kier molecular flexibility index (Phi) is 4.50. The maximum Gasteiger partial charge on any atom is 0.249 e. The van der Waals surface area contributed by atoms with E-state index in [9.17, 15) is 9.59 Å². The van der Waals surface area contributed by atoms with Crippen molar-refractivity contribution in [2.24, 2.45) is 5.73 Å². The van der Waals surface area contributed by atoms with E-state index in [2.05, 4.69) is 6.58 Å². The van der Waals surface area contributed by atoms with E-state index in [-0.39, 0.29) is 17.4 Å². The lowest BCUT2D eigenvalue weighted by atomic mass is 9.83. The highest BCUT2D eigenvalue weighted by Crippen LogP contribution is 2.42. The number of carbonyl (C=O) groups is 2. The topological polar surface area (TPSA) is 63.4 Å². The molecule has 1 aliphatic carbocycles. The second-order valence-electron chi connectivity index (χ2n) is 6.95. The minimum atomic E-state index is -0.601. The number of nitrogens with zero attached hydrogens (tertiary/aromatic N) is 1. The van der Waals surface area contributed by atoms with Crippen LogP contribution in [-0.4, -0.2) is 29.8 Å². The molecule has 2 N–H and O–H groups in total. The Labute approximate surface area is 147 Å². The van der Waals surface area contributed by atoms with E-state index in [4.69, 9.17) is 5.73 Å². The first-order valence-corrected chi connectivity index (χ1v) is 8.58. The Morgan fingerprint density at radius 3 is 2.76 bits per heavy atom. The van der Waals surface area contributed by atoms with E-state index >= 15 is 4.39 Å². The number of amides is 2. The van der Waals surface area contributed by atoms with Crippen molar-refractivity contribution in [1.82, 2.24) is 4.90 Å². The van der Waals surface area contributed by atoms with Gasteiger partial charge in [0.05, 0.1) is 0 Å². The number of primary amides is 1. The molecular weight excluding hydrogens is 319 g/mol. The van der Waals surface area contributed by atoms with Crippen molar-refractivity contribution in [1.29, 1.82) is 0 Å². The molecular formula is C20H23FN2O2. The monoisotopic (exact) mass is 342 g/mol. The average molecular weight is 342 g/mol. The van der Waals surface area contributed by atoms with Crippen molar-refractivity contribution in [2.75, 3.05) is 13.1 Å². The van der Waals surface area contributed by atoms with Gasteiger partial charge in [-0.05, 0) is 62.0 Å². The summed E-state index contributed by atoms with van der Waals surface area (Å²) in [6, 6.07) is 1.27. The van der Waals surface area contributed by atoms with Crippen LogP contribution in [-0.2, 0) is 11.2 Å². The number of fused-ring (bicyclic) bond motifs is 1. The number of benzene rings is 1. The molecule has 3 rings (SSSR count). The van der Waals surface area contributed by atoms with Gasteiger partial charge >= 0.3 is 0 Å². The molecule has 0 radical (unpaired) electrons. The molecule has 1 aliphatic heterocycles. The van der Waals surface area contributed by atoms with Crippen LogP contribution in [0.2, 0.25) is 0 Å². The summed E-state index contributed by atoms with van der Waals surface area (Å²) in [5, 5.41) is 0. The Hall–Kier alpha value is -2.43. The molecule has 1 aromatic rings. The van der Waals surface area contributed by atoms with Crippen molar-refractivity contribution in [3.8, 4) is 0 Å². The fourth-order valence-corrected chi connectivity index (χ4v) is 4.09. The van der Waals surface area contributed by atoms with Crippen molar-refractivity contribution in [3.63, 3.8) is 0 Å². The highest BCUT2D eigenvalue weighted by Gasteiger charge is 2.33. The predicted octanol–water partition coefficient (Wildman–Crippen LogP) is 3.17. The number of hydrogen-bond donors (Lipinski definition) is 1. The molecule has 25 heavy (non-hydrogen) atoms. The van der Waals surface area contributed by atoms with Crippen LogP contribution in [0.5, 0.6) is 0 Å². The molecule has 0 saturated carbocycles. The number of halogens is 1. The van der Waals surface area contributed by atoms with Gasteiger partial charge in [0.15, 0.2) is 0 Å². The minimum Gasteiger partial charge on any atom is -0.366 e. The van der Waals surface area contributed by atoms with Gasteiger partial charge in [0.1, 0.15) is 5.82 Å². The average Bonchev–Trinajstić information content (AvgIpc) is 2.88. The fourth-order valence-electron chi connectivity index (χ4n) is 4.09. The van der Waals surface area contributed by atoms with E-state index in [0.717, 1.165) is 35.1 Å². The van der Waals surface area contributed by atoms with E-state index in [1.807, 2.05) is 13.8 Å². The molecule has 4 nitrogen and oxygen atoms in total. The van der Waals surface area contributed by atoms with Gasteiger partial charge in [-0.15, -0.1) is 0 Å². The van der Waals surface area contributed by atoms with Gasteiger partial charge in [-0.1, -0.05) is 12.2 Å². The molecule has 0 aromatic heterocycles. The number of hydrogen-bond acceptors (Lipinski definition) is 2. The summed E-state index contributed by atoms with van der Waals surface area (Å²) in [5.74, 6) is -1.22. The van der Waals surface area contributed by atoms with Crippen LogP contribution in [0.25, 0.3) is 5.57 Å². The normalized spacial score (nSPS) is 19.8. The van der Waals surface area contributed by atoms with Gasteiger partial charge in [-0.3, -0.25) is 9.59 Å². The summed E-state index contributed by atoms with van der Waals surface area (Å²) in [4.78, 5) is 25.5. The standard InChI is InChI=1S/C20H23FN2O2/c1-4-17(24)23-7-5-6-13(10-23)19-16(21)9-15(20(22)25)14-8-11(2)12(3)18(14)19/h4,9,13H,1,5-8,10H2,2-3H3,(H2,22,25). The Morgan fingerprint density at radius 2 is 2.12 bits per heavy atom. The van der Waals surface area contributed by atoms with Crippen molar-refractivity contribution >= 4 is 17.4 Å². The quantitative estimate of drug-likeness (QED) is 0.858. The number of likely N-dealkylation sites (tertiary alicyclic amines) is 1. The molecule has 5 heteroatoms. The minimum absolute atomic E-state index is 0.0887. The van der Waals surface area contributed by atoms with Gasteiger partial charge in [-0.2, -0.15) is 0 Å². The highest BCUT2D eigenvalue weighted by molar-refractivity contribution is 5.97. The van der Waals surface area contributed by atoms with Gasteiger partial charge in [0, 0.05) is 30.1 Å². The summed E-state index contributed by atoms with van der Waals surface area (Å²) >= 11 is 0. The van der Waals surface area contributed by atoms with Crippen molar-refractivity contribution in [2.45, 2.75) is 39.0 Å². The van der Waals surface area contributed by atoms with Crippen LogP contribution in [0, 0.1) is 5.82 Å². The molecule has 1 atom stereocenters. The summed E-state index contributed by atoms with van der Waals surface area (Å²) < 4.78 is 15.0. The van der Waals surface area contributed by atoms with E-state index in [1.165, 1.54) is 12.1 Å². The van der Waals surface area contributed by atoms with Crippen molar-refractivity contribution in [3.05, 3.63) is 52.4 Å². The second kappa shape index (κ2) is 6.47. The maximum absolute atomic E-state index is 15.0. The van der Waals surface area contributed by atoms with Crippen LogP contribution in [0.1, 0.15) is 59.7 Å². The lowest BCUT2D eigenvalue weighted by Gasteiger charge is -2.34. The highest BCUT2D eigenvalue weighted by atomic mass is 19.1. The molecule has 1 unspecified atom stereocenters. The van der Waals surface area contributed by atoms with Crippen molar-refractivity contribution < 1.29 is 14.0 Å². The third-order valence-electron chi connectivity index (χ3n) is 5.46. The first-order chi connectivity index (χ1) is 11.8. The number of piperidine rings is 1. The lowest BCUT2D eigenvalue weighted by molar-refractivity contribution is -0.127. The Morgan fingerprint density at radius 1 is 1.40 bits per heavy atom. The Bertz CT molecular complexity index is 810. The molecule has 1 heterocycles. The summed E-state index contributed by atoms with van der Waals surface area (Å²) in [6.45, 7) is 8.63. The van der Waals surface area contributed by atoms with Crippen LogP contribution in [0.3, 0.4) is 0 Å². The SMILES string of the molecule is C=CC(=O)N1CCCC(c2c(F)cc(C(N)=O)c3c2C(C)=C(C)C3)C1. The molecule has 0 bridgehead atoms. The van der Waals surface area contributed by atoms with Crippen LogP contribution < -0.4 is 5.73 Å². The van der Waals surface area contributed by atoms with Gasteiger partial charge in [-0.25, -0.2) is 4.39 Å². The van der Waals surface area contributed by atoms with Crippen LogP contribution in [0.4, 0.5) is 4.39 Å². The van der Waals surface area contributed by atoms with E-state index in [1.54, 1.807) is 4.90 Å². The third-order valence-corrected chi connectivity index (χ3v) is 5.46. The largest absolute Gasteiger partial charge is 0.366 e. The number of allylic oxidation sites excluding steroid dienone is 2. The predicted molar refractivity (Wildman–Crippen MR) is 95.6 cm³/mol. The zero-order valence-corrected chi connectivity index (χ0v) is 14.7. The maximum atomic E-state index is 15.0. The number of nitrogens with two attached hydrogens (primary N) is 1. The first kappa shape index (κ1) is 17.4. The first-order valence-electron chi connectivity index (χ1n) is 8.58. The lowest BCUT2D eigenvalue weighted by Crippen LogP contribution is -2.38. The third kappa shape index (κ3) is 2.88. The number of carbonyl (C=O) groups excluding carboxylic acids is 2.